The fourth-order valence-electron chi connectivity index (χ4n) is 2.89. The lowest BCUT2D eigenvalue weighted by Gasteiger charge is -2.25. The number of rotatable bonds is 5. The molecule has 114 valence electrons. The summed E-state index contributed by atoms with van der Waals surface area (Å²) >= 11 is 0. The minimum absolute atomic E-state index is 0.00279. The summed E-state index contributed by atoms with van der Waals surface area (Å²) in [5.41, 5.74) is -0.456. The van der Waals surface area contributed by atoms with Gasteiger partial charge in [-0.05, 0) is 52.4 Å². The number of carbonyl (C=O) groups excluding carboxylic acids is 2. The van der Waals surface area contributed by atoms with Gasteiger partial charge in [-0.1, -0.05) is 12.5 Å². The van der Waals surface area contributed by atoms with Crippen LogP contribution in [0.15, 0.2) is 12.7 Å². The van der Waals surface area contributed by atoms with Crippen molar-refractivity contribution in [2.45, 2.75) is 71.3 Å². The summed E-state index contributed by atoms with van der Waals surface area (Å²) in [6, 6.07) is 0. The summed E-state index contributed by atoms with van der Waals surface area (Å²) in [5.74, 6) is 0.279. The Morgan fingerprint density at radius 1 is 1.40 bits per heavy atom. The van der Waals surface area contributed by atoms with Crippen LogP contribution in [-0.2, 0) is 14.3 Å². The van der Waals surface area contributed by atoms with Gasteiger partial charge in [0.25, 0.3) is 0 Å². The third kappa shape index (κ3) is 5.89. The highest BCUT2D eigenvalue weighted by Crippen LogP contribution is 2.32. The van der Waals surface area contributed by atoms with Gasteiger partial charge < -0.3 is 4.74 Å². The van der Waals surface area contributed by atoms with Crippen LogP contribution in [0.2, 0.25) is 0 Å². The maximum absolute atomic E-state index is 12.2. The van der Waals surface area contributed by atoms with Crippen LogP contribution < -0.4 is 0 Å². The monoisotopic (exact) mass is 280 g/mol. The van der Waals surface area contributed by atoms with Crippen LogP contribution in [-0.4, -0.2) is 17.4 Å². The second-order valence-electron chi connectivity index (χ2n) is 6.74. The Hall–Kier alpha value is -1.12. The van der Waals surface area contributed by atoms with E-state index in [1.54, 1.807) is 0 Å². The van der Waals surface area contributed by atoms with E-state index in [-0.39, 0.29) is 17.8 Å². The van der Waals surface area contributed by atoms with Crippen molar-refractivity contribution in [1.82, 2.24) is 0 Å². The average molecular weight is 280 g/mol. The number of hydrogen-bond acceptors (Lipinski definition) is 3. The highest BCUT2D eigenvalue weighted by atomic mass is 16.6. The second kappa shape index (κ2) is 7.61. The van der Waals surface area contributed by atoms with Gasteiger partial charge in [0.1, 0.15) is 11.4 Å². The van der Waals surface area contributed by atoms with Crippen molar-refractivity contribution in [2.24, 2.45) is 11.8 Å². The maximum Gasteiger partial charge on any atom is 0.306 e. The van der Waals surface area contributed by atoms with Gasteiger partial charge in [0.05, 0.1) is 0 Å². The molecule has 0 saturated heterocycles. The van der Waals surface area contributed by atoms with E-state index in [0.29, 0.717) is 18.6 Å². The molecule has 20 heavy (non-hydrogen) atoms. The summed E-state index contributed by atoms with van der Waals surface area (Å²) in [6.45, 7) is 9.35. The normalized spacial score (nSPS) is 24.1. The predicted octanol–water partition coefficient (Wildman–Crippen LogP) is 4.06. The van der Waals surface area contributed by atoms with Crippen LogP contribution in [0.5, 0.6) is 0 Å². The molecule has 3 nitrogen and oxygen atoms in total. The third-order valence-corrected chi connectivity index (χ3v) is 3.76. The lowest BCUT2D eigenvalue weighted by molar-refractivity contribution is -0.156. The lowest BCUT2D eigenvalue weighted by atomic mass is 9.81. The van der Waals surface area contributed by atoms with E-state index in [1.807, 2.05) is 26.8 Å². The topological polar surface area (TPSA) is 43.4 Å². The molecule has 1 saturated carbocycles. The third-order valence-electron chi connectivity index (χ3n) is 3.76. The second-order valence-corrected chi connectivity index (χ2v) is 6.74. The van der Waals surface area contributed by atoms with Crippen LogP contribution >= 0.6 is 0 Å². The van der Waals surface area contributed by atoms with E-state index in [4.69, 9.17) is 4.74 Å². The molecule has 0 heterocycles. The summed E-state index contributed by atoms with van der Waals surface area (Å²) in [5, 5.41) is 0. The first-order chi connectivity index (χ1) is 9.33. The number of ether oxygens (including phenoxy) is 1. The van der Waals surface area contributed by atoms with Crippen LogP contribution in [0.1, 0.15) is 65.7 Å². The lowest BCUT2D eigenvalue weighted by Crippen LogP contribution is -2.29. The van der Waals surface area contributed by atoms with Gasteiger partial charge in [-0.3, -0.25) is 9.59 Å². The Bertz CT molecular complexity index is 352. The molecule has 0 N–H and O–H groups in total. The Balaban J connectivity index is 2.68. The largest absolute Gasteiger partial charge is 0.460 e. The van der Waals surface area contributed by atoms with E-state index in [9.17, 15) is 9.59 Å². The van der Waals surface area contributed by atoms with Gasteiger partial charge in [0.15, 0.2) is 0 Å². The molecular weight excluding hydrogens is 252 g/mol. The molecule has 0 aromatic heterocycles. The van der Waals surface area contributed by atoms with Crippen LogP contribution in [0.3, 0.4) is 0 Å². The Kier molecular flexibility index (Phi) is 6.44. The zero-order valence-electron chi connectivity index (χ0n) is 13.1. The zero-order chi connectivity index (χ0) is 15.2. The van der Waals surface area contributed by atoms with E-state index < -0.39 is 5.60 Å². The first-order valence-corrected chi connectivity index (χ1v) is 7.69. The smallest absolute Gasteiger partial charge is 0.306 e. The molecule has 0 aromatic rings. The van der Waals surface area contributed by atoms with Crippen molar-refractivity contribution in [3.63, 3.8) is 0 Å². The van der Waals surface area contributed by atoms with E-state index in [0.717, 1.165) is 32.1 Å². The number of allylic oxidation sites excluding steroid dienone is 1. The quantitative estimate of drug-likeness (QED) is 0.433. The van der Waals surface area contributed by atoms with Crippen LogP contribution in [0.4, 0.5) is 0 Å². The van der Waals surface area contributed by atoms with Gasteiger partial charge >= 0.3 is 5.97 Å². The highest BCUT2D eigenvalue weighted by molar-refractivity contribution is 5.82. The fraction of sp³-hybridized carbons (Fsp3) is 0.765. The van der Waals surface area contributed by atoms with Crippen molar-refractivity contribution < 1.29 is 14.3 Å². The van der Waals surface area contributed by atoms with Crippen LogP contribution in [0, 0.1) is 11.8 Å². The number of carbonyl (C=O) groups is 2. The number of ketones is 1. The first kappa shape index (κ1) is 16.9. The molecule has 0 spiro atoms. The van der Waals surface area contributed by atoms with E-state index >= 15 is 0 Å². The Morgan fingerprint density at radius 2 is 2.10 bits per heavy atom. The standard InChI is InChI=1S/C17H28O3/c1-5-6-10-14-13(9-7-8-11-15(14)18)12-16(19)20-17(2,3)4/h5,13-14H,1,6-12H2,2-4H3/t13-,14-/m1/s1. The van der Waals surface area contributed by atoms with E-state index in [1.165, 1.54) is 0 Å². The van der Waals surface area contributed by atoms with E-state index in [2.05, 4.69) is 6.58 Å². The minimum Gasteiger partial charge on any atom is -0.460 e. The van der Waals surface area contributed by atoms with Crippen molar-refractivity contribution in [3.8, 4) is 0 Å². The molecule has 1 aliphatic carbocycles. The van der Waals surface area contributed by atoms with Gasteiger partial charge in [-0.2, -0.15) is 0 Å². The molecule has 3 heteroatoms. The molecule has 0 bridgehead atoms. The van der Waals surface area contributed by atoms with Crippen molar-refractivity contribution in [1.29, 1.82) is 0 Å². The number of Topliss-reactive ketones (excluding diaryl/α,β-unsaturated/α-hetero) is 1. The van der Waals surface area contributed by atoms with Gasteiger partial charge in [-0.25, -0.2) is 0 Å². The first-order valence-electron chi connectivity index (χ1n) is 7.69. The van der Waals surface area contributed by atoms with Crippen LogP contribution in [0.25, 0.3) is 0 Å². The molecule has 0 aromatic carbocycles. The van der Waals surface area contributed by atoms with Gasteiger partial charge in [-0.15, -0.1) is 6.58 Å². The number of esters is 1. The average Bonchev–Trinajstić information content (AvgIpc) is 2.47. The minimum atomic E-state index is -0.456. The van der Waals surface area contributed by atoms with Crippen molar-refractivity contribution in [3.05, 3.63) is 12.7 Å². The molecule has 1 fully saturated rings. The zero-order valence-corrected chi connectivity index (χ0v) is 13.1. The Morgan fingerprint density at radius 3 is 2.70 bits per heavy atom. The SMILES string of the molecule is C=CCC[C@H]1C(=O)CCCC[C@@H]1CC(=O)OC(C)(C)C. The Labute approximate surface area is 122 Å². The predicted molar refractivity (Wildman–Crippen MR) is 80.3 cm³/mol. The van der Waals surface area contributed by atoms with Crippen molar-refractivity contribution in [2.75, 3.05) is 0 Å². The molecule has 0 unspecified atom stereocenters. The molecule has 0 aliphatic heterocycles. The van der Waals surface area contributed by atoms with Gasteiger partial charge in [0.2, 0.25) is 0 Å². The fourth-order valence-corrected chi connectivity index (χ4v) is 2.89. The molecule has 1 aliphatic rings. The molecule has 0 amide bonds. The summed E-state index contributed by atoms with van der Waals surface area (Å²) in [6.07, 6.45) is 7.46. The maximum atomic E-state index is 12.2. The van der Waals surface area contributed by atoms with Crippen molar-refractivity contribution >= 4 is 11.8 Å². The summed E-state index contributed by atoms with van der Waals surface area (Å²) < 4.78 is 5.40. The highest BCUT2D eigenvalue weighted by Gasteiger charge is 2.32. The summed E-state index contributed by atoms with van der Waals surface area (Å²) in [7, 11) is 0. The summed E-state index contributed by atoms with van der Waals surface area (Å²) in [4.78, 5) is 24.2. The number of hydrogen-bond donors (Lipinski definition) is 0. The molecule has 2 atom stereocenters. The molecule has 0 radical (unpaired) electrons. The molecular formula is C17H28O3. The van der Waals surface area contributed by atoms with Gasteiger partial charge in [0, 0.05) is 18.8 Å². The molecule has 1 rings (SSSR count).